The highest BCUT2D eigenvalue weighted by Crippen LogP contribution is 2.33. The van der Waals surface area contributed by atoms with Gasteiger partial charge in [0.25, 0.3) is 11.5 Å². The van der Waals surface area contributed by atoms with E-state index >= 15 is 0 Å². The summed E-state index contributed by atoms with van der Waals surface area (Å²) in [5, 5.41) is 9.74. The Hall–Kier alpha value is -4.14. The average Bonchev–Trinajstić information content (AvgIpc) is 3.76. The monoisotopic (exact) mass is 550 g/mol. The van der Waals surface area contributed by atoms with Crippen molar-refractivity contribution in [1.82, 2.24) is 14.0 Å². The molecule has 1 aliphatic heterocycles. The number of carbonyl (C=O) groups is 2. The van der Waals surface area contributed by atoms with Gasteiger partial charge in [-0.2, -0.15) is 5.26 Å². The van der Waals surface area contributed by atoms with E-state index in [0.717, 1.165) is 12.8 Å². The van der Waals surface area contributed by atoms with Gasteiger partial charge in [-0.15, -0.1) is 0 Å². The molecule has 1 saturated carbocycles. The molecular weight excluding hydrogens is 524 g/mol. The summed E-state index contributed by atoms with van der Waals surface area (Å²) in [4.78, 5) is 55.4. The first-order chi connectivity index (χ1) is 18.7. The molecule has 1 saturated heterocycles. The van der Waals surface area contributed by atoms with Crippen molar-refractivity contribution >= 4 is 45.8 Å². The molecule has 2 heterocycles. The first kappa shape index (κ1) is 26.5. The molecular formula is C27H27ClN6O5. The number of carbonyl (C=O) groups excluding carboxylic acids is 2. The number of hydrogen-bond donors (Lipinski definition) is 1. The molecule has 39 heavy (non-hydrogen) atoms. The number of hydrogen-bond acceptors (Lipinski definition) is 6. The molecule has 3 amide bonds. The maximum atomic E-state index is 14.0. The topological polar surface area (TPSA) is 144 Å². The van der Waals surface area contributed by atoms with E-state index in [4.69, 9.17) is 22.1 Å². The number of nitriles is 1. The van der Waals surface area contributed by atoms with Gasteiger partial charge in [0, 0.05) is 25.3 Å². The summed E-state index contributed by atoms with van der Waals surface area (Å²) in [7, 11) is 0. The van der Waals surface area contributed by atoms with Gasteiger partial charge in [-0.1, -0.05) is 11.6 Å². The van der Waals surface area contributed by atoms with Gasteiger partial charge in [0.1, 0.15) is 12.1 Å². The van der Waals surface area contributed by atoms with Gasteiger partial charge >= 0.3 is 11.7 Å². The van der Waals surface area contributed by atoms with Crippen LogP contribution in [-0.2, 0) is 22.6 Å². The van der Waals surface area contributed by atoms with Crippen molar-refractivity contribution < 1.29 is 14.3 Å². The van der Waals surface area contributed by atoms with Gasteiger partial charge in [0.2, 0.25) is 0 Å². The predicted molar refractivity (Wildman–Crippen MR) is 145 cm³/mol. The Kier molecular flexibility index (Phi) is 7.16. The Bertz CT molecular complexity index is 1640. The highest BCUT2D eigenvalue weighted by molar-refractivity contribution is 6.32. The lowest BCUT2D eigenvalue weighted by Gasteiger charge is -2.36. The van der Waals surface area contributed by atoms with E-state index in [2.05, 4.69) is 0 Å². The molecule has 5 rings (SSSR count). The van der Waals surface area contributed by atoms with Crippen LogP contribution in [0.5, 0.6) is 0 Å². The summed E-state index contributed by atoms with van der Waals surface area (Å²) < 4.78 is 8.30. The van der Waals surface area contributed by atoms with Crippen molar-refractivity contribution in [3.63, 3.8) is 0 Å². The summed E-state index contributed by atoms with van der Waals surface area (Å²) in [6.07, 6.45) is 1.94. The number of aromatic nitrogens is 2. The van der Waals surface area contributed by atoms with Crippen LogP contribution >= 0.6 is 11.6 Å². The fourth-order valence-corrected chi connectivity index (χ4v) is 5.15. The van der Waals surface area contributed by atoms with Gasteiger partial charge in [-0.05, 0) is 62.1 Å². The van der Waals surface area contributed by atoms with Crippen LogP contribution in [0.1, 0.15) is 25.3 Å². The smallest absolute Gasteiger partial charge is 0.331 e. The minimum Gasteiger partial charge on any atom is -0.377 e. The first-order valence-electron chi connectivity index (χ1n) is 12.7. The summed E-state index contributed by atoms with van der Waals surface area (Å²) >= 11 is 6.32. The van der Waals surface area contributed by atoms with Gasteiger partial charge < -0.3 is 15.4 Å². The van der Waals surface area contributed by atoms with Crippen molar-refractivity contribution in [2.45, 2.75) is 38.9 Å². The number of fused-ring (bicyclic) bond motifs is 1. The molecule has 12 heteroatoms. The number of halogens is 1. The van der Waals surface area contributed by atoms with Gasteiger partial charge in [-0.25, -0.2) is 9.59 Å². The molecule has 1 atom stereocenters. The lowest BCUT2D eigenvalue weighted by atomic mass is 10.1. The second-order valence-corrected chi connectivity index (χ2v) is 10.1. The Morgan fingerprint density at radius 3 is 2.51 bits per heavy atom. The largest absolute Gasteiger partial charge is 0.377 e. The molecule has 0 bridgehead atoms. The quantitative estimate of drug-likeness (QED) is 0.499. The Morgan fingerprint density at radius 1 is 1.15 bits per heavy atom. The predicted octanol–water partition coefficient (Wildman–Crippen LogP) is 2.56. The SMILES string of the molecule is CCn1c(=O)n(CC2CC2)c(=O)c2cc(N(C(=O)C3COCCN3C(N)=O)c3ccc(C#N)c(Cl)c3)ccc21. The summed E-state index contributed by atoms with van der Waals surface area (Å²) in [5.74, 6) is -0.234. The molecule has 0 radical (unpaired) electrons. The van der Waals surface area contributed by atoms with E-state index in [1.807, 2.05) is 13.0 Å². The number of aryl methyl sites for hydroxylation is 1. The summed E-state index contributed by atoms with van der Waals surface area (Å²) in [6, 6.07) is 9.54. The number of urea groups is 1. The van der Waals surface area contributed by atoms with Crippen molar-refractivity contribution in [3.05, 3.63) is 67.8 Å². The van der Waals surface area contributed by atoms with Gasteiger partial charge in [-0.3, -0.25) is 23.6 Å². The van der Waals surface area contributed by atoms with Crippen LogP contribution in [0, 0.1) is 17.2 Å². The van der Waals surface area contributed by atoms with Crippen LogP contribution in [-0.4, -0.2) is 51.8 Å². The number of nitrogens with two attached hydrogens (primary N) is 1. The van der Waals surface area contributed by atoms with Crippen molar-refractivity contribution in [1.29, 1.82) is 5.26 Å². The fraction of sp³-hybridized carbons (Fsp3) is 0.370. The number of ether oxygens (including phenoxy) is 1. The van der Waals surface area contributed by atoms with Gasteiger partial charge in [0.05, 0.1) is 40.4 Å². The number of benzene rings is 2. The first-order valence-corrected chi connectivity index (χ1v) is 13.1. The summed E-state index contributed by atoms with van der Waals surface area (Å²) in [5.41, 5.74) is 6.08. The van der Waals surface area contributed by atoms with E-state index in [9.17, 15) is 24.4 Å². The molecule has 0 spiro atoms. The maximum Gasteiger partial charge on any atom is 0.331 e. The third kappa shape index (κ3) is 4.89. The minimum atomic E-state index is -1.03. The molecule has 2 N–H and O–H groups in total. The molecule has 202 valence electrons. The van der Waals surface area contributed by atoms with Crippen molar-refractivity contribution in [2.24, 2.45) is 11.7 Å². The summed E-state index contributed by atoms with van der Waals surface area (Å²) in [6.45, 7) is 2.84. The van der Waals surface area contributed by atoms with Crippen LogP contribution in [0.15, 0.2) is 46.0 Å². The third-order valence-corrected chi connectivity index (χ3v) is 7.48. The normalized spacial score (nSPS) is 17.2. The van der Waals surface area contributed by atoms with E-state index in [1.54, 1.807) is 24.3 Å². The molecule has 11 nitrogen and oxygen atoms in total. The second-order valence-electron chi connectivity index (χ2n) is 9.66. The zero-order valence-corrected chi connectivity index (χ0v) is 22.1. The zero-order valence-electron chi connectivity index (χ0n) is 21.3. The van der Waals surface area contributed by atoms with Crippen LogP contribution in [0.25, 0.3) is 10.9 Å². The van der Waals surface area contributed by atoms with E-state index < -0.39 is 23.5 Å². The van der Waals surface area contributed by atoms with Crippen LogP contribution in [0.3, 0.4) is 0 Å². The van der Waals surface area contributed by atoms with Crippen LogP contribution < -0.4 is 21.9 Å². The average molecular weight is 551 g/mol. The number of primary amides is 1. The van der Waals surface area contributed by atoms with E-state index in [-0.39, 0.29) is 41.4 Å². The van der Waals surface area contributed by atoms with E-state index in [1.165, 1.54) is 31.1 Å². The van der Waals surface area contributed by atoms with Gasteiger partial charge in [0.15, 0.2) is 0 Å². The third-order valence-electron chi connectivity index (χ3n) is 7.17. The van der Waals surface area contributed by atoms with Crippen molar-refractivity contribution in [2.75, 3.05) is 24.7 Å². The van der Waals surface area contributed by atoms with E-state index in [0.29, 0.717) is 35.9 Å². The number of anilines is 2. The zero-order chi connectivity index (χ0) is 27.8. The number of rotatable bonds is 6. The maximum absolute atomic E-state index is 14.0. The lowest BCUT2D eigenvalue weighted by molar-refractivity contribution is -0.126. The lowest BCUT2D eigenvalue weighted by Crippen LogP contribution is -2.57. The molecule has 1 unspecified atom stereocenters. The number of nitrogens with zero attached hydrogens (tertiary/aromatic N) is 5. The van der Waals surface area contributed by atoms with Crippen molar-refractivity contribution in [3.8, 4) is 6.07 Å². The Labute approximate surface area is 228 Å². The Morgan fingerprint density at radius 2 is 1.87 bits per heavy atom. The molecule has 2 aliphatic rings. The molecule has 2 fully saturated rings. The Balaban J connectivity index is 1.70. The minimum absolute atomic E-state index is 0.0700. The number of amides is 3. The molecule has 2 aromatic carbocycles. The number of morpholine rings is 1. The molecule has 1 aliphatic carbocycles. The molecule has 3 aromatic rings. The van der Waals surface area contributed by atoms with Crippen LogP contribution in [0.4, 0.5) is 16.2 Å². The second kappa shape index (κ2) is 10.6. The fourth-order valence-electron chi connectivity index (χ4n) is 4.93. The standard InChI is InChI=1S/C27H27ClN6O5/c1-2-31-22-8-7-18(11-20(22)24(35)33(27(31)38)14-16-3-4-16)34(19-6-5-17(13-29)21(28)12-19)25(36)23-15-39-10-9-32(23)26(30)37/h5-8,11-12,16,23H,2-4,9-10,14-15H2,1H3,(H2,30,37). The highest BCUT2D eigenvalue weighted by Gasteiger charge is 2.36. The highest BCUT2D eigenvalue weighted by atomic mass is 35.5. The molecule has 1 aromatic heterocycles. The van der Waals surface area contributed by atoms with Crippen LogP contribution in [0.2, 0.25) is 5.02 Å².